The van der Waals surface area contributed by atoms with Crippen LogP contribution in [0, 0.1) is 23.7 Å². The van der Waals surface area contributed by atoms with Crippen molar-refractivity contribution in [2.24, 2.45) is 23.7 Å². The number of rotatable bonds is 7. The van der Waals surface area contributed by atoms with Gasteiger partial charge in [-0.2, -0.15) is 0 Å². The third-order valence-electron chi connectivity index (χ3n) is 11.7. The molecule has 4 aliphatic rings. The van der Waals surface area contributed by atoms with E-state index in [9.17, 15) is 19.8 Å². The van der Waals surface area contributed by atoms with E-state index in [-0.39, 0.29) is 36.2 Å². The first-order valence-electron chi connectivity index (χ1n) is 18.1. The number of carbonyl (C=O) groups is 2. The van der Waals surface area contributed by atoms with Crippen molar-refractivity contribution >= 4 is 11.8 Å². The fourth-order valence-electron chi connectivity index (χ4n) is 8.52. The van der Waals surface area contributed by atoms with Gasteiger partial charge in [0.1, 0.15) is 24.1 Å². The molecule has 2 N–H and O–H groups in total. The summed E-state index contributed by atoms with van der Waals surface area (Å²) >= 11 is 0. The summed E-state index contributed by atoms with van der Waals surface area (Å²) in [5, 5.41) is 22.4. The van der Waals surface area contributed by atoms with Crippen LogP contribution in [-0.4, -0.2) is 121 Å². The summed E-state index contributed by atoms with van der Waals surface area (Å²) in [5.41, 5.74) is -1.77. The Morgan fingerprint density at radius 2 is 1.61 bits per heavy atom. The number of hydrogen-bond acceptors (Lipinski definition) is 12. The van der Waals surface area contributed by atoms with Gasteiger partial charge in [-0.15, -0.1) is 0 Å². The van der Waals surface area contributed by atoms with Crippen molar-refractivity contribution in [2.45, 2.75) is 167 Å². The van der Waals surface area contributed by atoms with Crippen LogP contribution >= 0.6 is 0 Å². The summed E-state index contributed by atoms with van der Waals surface area (Å²) in [6.45, 7) is 18.7. The fourth-order valence-corrected chi connectivity index (χ4v) is 8.52. The first-order valence-corrected chi connectivity index (χ1v) is 18.1. The highest BCUT2D eigenvalue weighted by molar-refractivity contribution is 6.04. The molecule has 16 atom stereocenters. The number of fused-ring (bicyclic) bond motifs is 2. The Balaban J connectivity index is 1.79. The van der Waals surface area contributed by atoms with Gasteiger partial charge in [0.15, 0.2) is 12.6 Å². The number of nitrogens with zero attached hydrogens (tertiary/aromatic N) is 1. The van der Waals surface area contributed by atoms with Crippen LogP contribution in [0.1, 0.15) is 94.9 Å². The Morgan fingerprint density at radius 1 is 0.959 bits per heavy atom. The van der Waals surface area contributed by atoms with Gasteiger partial charge in [-0.1, -0.05) is 27.7 Å². The average Bonchev–Trinajstić information content (AvgIpc) is 3.28. The summed E-state index contributed by atoms with van der Waals surface area (Å²) in [7, 11) is 5.40. The van der Waals surface area contributed by atoms with E-state index in [2.05, 4.69) is 6.92 Å². The normalized spacial score (nSPS) is 47.3. The molecular weight excluding hydrogens is 634 g/mol. The second-order valence-electron chi connectivity index (χ2n) is 15.8. The molecule has 2 bridgehead atoms. The molecular formula is C37H63NO11. The lowest BCUT2D eigenvalue weighted by atomic mass is 9.79. The van der Waals surface area contributed by atoms with Crippen LogP contribution in [0.5, 0.6) is 0 Å². The van der Waals surface area contributed by atoms with E-state index in [1.54, 1.807) is 34.8 Å². The highest BCUT2D eigenvalue weighted by Crippen LogP contribution is 2.43. The Bertz CT molecular complexity index is 1210. The Kier molecular flexibility index (Phi) is 12.7. The first kappa shape index (κ1) is 40.1. The predicted octanol–water partition coefficient (Wildman–Crippen LogP) is 3.99. The number of aliphatic hydroxyl groups excluding tert-OH is 2. The monoisotopic (exact) mass is 697 g/mol. The van der Waals surface area contributed by atoms with E-state index in [0.29, 0.717) is 30.6 Å². The third-order valence-corrected chi connectivity index (χ3v) is 11.7. The van der Waals surface area contributed by atoms with Gasteiger partial charge in [0.25, 0.3) is 0 Å². The Morgan fingerprint density at radius 3 is 2.20 bits per heavy atom. The number of carbonyl (C=O) groups excluding carboxylic acids is 2. The van der Waals surface area contributed by atoms with Gasteiger partial charge < -0.3 is 48.3 Å². The molecule has 0 aliphatic carbocycles. The number of Topliss-reactive ketones (excluding diaryl/α,β-unsaturated/α-hetero) is 1. The number of methoxy groups -OCH3 is 1. The molecule has 4 aliphatic heterocycles. The molecule has 0 saturated carbocycles. The van der Waals surface area contributed by atoms with Crippen molar-refractivity contribution < 1.29 is 53.0 Å². The van der Waals surface area contributed by atoms with E-state index in [1.807, 2.05) is 53.6 Å². The van der Waals surface area contributed by atoms with Crippen molar-refractivity contribution in [3.63, 3.8) is 0 Å². The Hall–Kier alpha value is -1.64. The van der Waals surface area contributed by atoms with Gasteiger partial charge in [-0.3, -0.25) is 9.59 Å². The summed E-state index contributed by atoms with van der Waals surface area (Å²) < 4.78 is 44.4. The van der Waals surface area contributed by atoms with Gasteiger partial charge in [-0.05, 0) is 80.8 Å². The molecule has 0 aromatic carbocycles. The minimum atomic E-state index is -1.36. The van der Waals surface area contributed by atoms with Crippen LogP contribution in [0.3, 0.4) is 0 Å². The smallest absolute Gasteiger partial charge is 0.311 e. The molecule has 2 unspecified atom stereocenters. The second kappa shape index (κ2) is 15.5. The zero-order valence-corrected chi connectivity index (χ0v) is 31.9. The highest BCUT2D eigenvalue weighted by Gasteiger charge is 2.54. The number of cyclic esters (lactones) is 1. The molecule has 3 fully saturated rings. The number of ether oxygens (including phenoxy) is 7. The maximum atomic E-state index is 14.1. The van der Waals surface area contributed by atoms with Crippen molar-refractivity contribution in [3.8, 4) is 0 Å². The van der Waals surface area contributed by atoms with E-state index in [0.717, 1.165) is 0 Å². The van der Waals surface area contributed by atoms with E-state index < -0.39 is 78.2 Å². The topological polar surface area (TPSA) is 142 Å². The van der Waals surface area contributed by atoms with Crippen LogP contribution in [0.25, 0.3) is 0 Å². The van der Waals surface area contributed by atoms with Crippen LogP contribution in [0.2, 0.25) is 0 Å². The molecule has 0 aromatic rings. The zero-order chi connectivity index (χ0) is 36.7. The molecule has 12 nitrogen and oxygen atoms in total. The SMILES string of the molecule is CC[C@H]1OC(=O)C(C)C(O[C@H]2C[C@@](C)(OC)[C@@H](O)[C@H](C)O2)[C@H](C)[C@@H](O[C@@H]2O[C@H](C)C[C@H](N(C)C)[C@H]2O)[C@@H](C)C[C@@H](C)C2=C(C)C(=O)[C@]1(C)O2. The summed E-state index contributed by atoms with van der Waals surface area (Å²) in [6, 6.07) is -0.182. The summed E-state index contributed by atoms with van der Waals surface area (Å²) in [5.74, 6) is -1.75. The molecule has 0 radical (unpaired) electrons. The minimum absolute atomic E-state index is 0.161. The largest absolute Gasteiger partial charge is 0.479 e. The quantitative estimate of drug-likeness (QED) is 0.372. The van der Waals surface area contributed by atoms with Crippen molar-refractivity contribution in [2.75, 3.05) is 21.2 Å². The molecule has 0 spiro atoms. The standard InChI is InChI=1S/C37H63NO11/c1-14-26-37(10)32(40)22(6)30(49-37)19(3)15-18(2)29(48-35-28(39)25(38(11)12)16-20(4)44-35)21(5)31(23(7)34(42)46-26)47-27-17-36(9,43-13)33(41)24(8)45-27/h18-21,23-29,31,33,35,39,41H,14-17H2,1-13H3/t18-,19+,20+,21+,23?,24-,25-,26+,27-,28+,29-,31?,33-,35-,36+,37+/m0/s1. The summed E-state index contributed by atoms with van der Waals surface area (Å²) in [6.07, 6.45) is -4.72. The predicted molar refractivity (Wildman–Crippen MR) is 181 cm³/mol. The molecule has 0 aromatic heterocycles. The molecule has 282 valence electrons. The molecule has 0 amide bonds. The zero-order valence-electron chi connectivity index (χ0n) is 31.9. The van der Waals surface area contributed by atoms with Gasteiger partial charge in [0, 0.05) is 37.0 Å². The van der Waals surface area contributed by atoms with Crippen molar-refractivity contribution in [1.29, 1.82) is 0 Å². The molecule has 3 saturated heterocycles. The number of allylic oxidation sites excluding steroid dienone is 1. The number of hydrogen-bond donors (Lipinski definition) is 2. The second-order valence-corrected chi connectivity index (χ2v) is 15.8. The van der Waals surface area contributed by atoms with Crippen molar-refractivity contribution in [3.05, 3.63) is 11.3 Å². The van der Waals surface area contributed by atoms with Crippen LogP contribution in [0.15, 0.2) is 11.3 Å². The van der Waals surface area contributed by atoms with Crippen molar-refractivity contribution in [1.82, 2.24) is 4.90 Å². The number of esters is 1. The van der Waals surface area contributed by atoms with E-state index in [4.69, 9.17) is 33.2 Å². The Labute approximate surface area is 293 Å². The van der Waals surface area contributed by atoms with Gasteiger partial charge in [-0.25, -0.2) is 0 Å². The van der Waals surface area contributed by atoms with Crippen LogP contribution in [0.4, 0.5) is 0 Å². The molecule has 12 heteroatoms. The number of aliphatic hydroxyl groups is 2. The van der Waals surface area contributed by atoms with Crippen LogP contribution in [-0.2, 0) is 42.7 Å². The highest BCUT2D eigenvalue weighted by atomic mass is 16.7. The molecule has 4 heterocycles. The van der Waals surface area contributed by atoms with Gasteiger partial charge >= 0.3 is 5.97 Å². The van der Waals surface area contributed by atoms with E-state index >= 15 is 0 Å². The maximum Gasteiger partial charge on any atom is 0.311 e. The number of ketones is 1. The van der Waals surface area contributed by atoms with E-state index in [1.165, 1.54) is 0 Å². The number of likely N-dealkylation sites (N-methyl/N-ethyl adjacent to an activating group) is 1. The lowest BCUT2D eigenvalue weighted by molar-refractivity contribution is -0.309. The lowest BCUT2D eigenvalue weighted by Gasteiger charge is -2.47. The fraction of sp³-hybridized carbons (Fsp3) is 0.892. The van der Waals surface area contributed by atoms with Gasteiger partial charge in [0.05, 0.1) is 35.9 Å². The third kappa shape index (κ3) is 7.91. The molecule has 49 heavy (non-hydrogen) atoms. The molecule has 4 rings (SSSR count). The van der Waals surface area contributed by atoms with Gasteiger partial charge in [0.2, 0.25) is 11.4 Å². The van der Waals surface area contributed by atoms with Crippen LogP contribution < -0.4 is 0 Å². The first-order chi connectivity index (χ1) is 22.8. The maximum absolute atomic E-state index is 14.1. The lowest BCUT2D eigenvalue weighted by Crippen LogP contribution is -2.58. The average molecular weight is 698 g/mol. The summed E-state index contributed by atoms with van der Waals surface area (Å²) in [4.78, 5) is 29.9. The minimum Gasteiger partial charge on any atom is -0.479 e.